The molecule has 22 heavy (non-hydrogen) atoms. The van der Waals surface area contributed by atoms with Crippen LogP contribution in [0.1, 0.15) is 38.2 Å². The Morgan fingerprint density at radius 3 is 2.73 bits per heavy atom. The molecule has 0 spiro atoms. The van der Waals surface area contributed by atoms with Crippen LogP contribution >= 0.6 is 11.8 Å². The molecule has 0 bridgehead atoms. The minimum absolute atomic E-state index is 0.153. The molecule has 122 valence electrons. The predicted molar refractivity (Wildman–Crippen MR) is 89.2 cm³/mol. The number of carbonyl (C=O) groups excluding carboxylic acids is 1. The third-order valence-electron chi connectivity index (χ3n) is 3.08. The normalized spacial score (nSPS) is 10.5. The summed E-state index contributed by atoms with van der Waals surface area (Å²) in [6, 6.07) is 0. The van der Waals surface area contributed by atoms with Crippen LogP contribution in [-0.4, -0.2) is 27.9 Å². The first-order chi connectivity index (χ1) is 10.4. The number of hydrogen-bond donors (Lipinski definition) is 0. The van der Waals surface area contributed by atoms with E-state index in [1.807, 2.05) is 17.8 Å². The van der Waals surface area contributed by atoms with Crippen molar-refractivity contribution >= 4 is 17.7 Å². The third-order valence-corrected chi connectivity index (χ3v) is 4.21. The summed E-state index contributed by atoms with van der Waals surface area (Å²) in [5.41, 5.74) is 0.948. The molecule has 1 aromatic heterocycles. The lowest BCUT2D eigenvalue weighted by atomic mass is 10.2. The zero-order valence-electron chi connectivity index (χ0n) is 13.6. The molecule has 0 saturated heterocycles. The van der Waals surface area contributed by atoms with E-state index >= 15 is 0 Å². The molecule has 0 fully saturated rings. The van der Waals surface area contributed by atoms with Gasteiger partial charge in [0.25, 0.3) is 5.56 Å². The maximum atomic E-state index is 11.5. The van der Waals surface area contributed by atoms with Gasteiger partial charge in [-0.05, 0) is 26.7 Å². The molecule has 0 N–H and O–H groups in total. The minimum Gasteiger partial charge on any atom is -0.462 e. The van der Waals surface area contributed by atoms with Crippen LogP contribution in [0.4, 0.5) is 0 Å². The Morgan fingerprint density at radius 1 is 1.36 bits per heavy atom. The topological polar surface area (TPSA) is 61.2 Å². The standard InChI is InChI=1S/C16H24N2O3S/c1-12(2)15(20)21-9-7-5-6-8-10-22-16-17-14(19)13(3)11-18(16)4/h11H,1,5-10H2,2-4H3. The van der Waals surface area contributed by atoms with Crippen LogP contribution in [0.5, 0.6) is 0 Å². The van der Waals surface area contributed by atoms with Crippen molar-refractivity contribution in [2.24, 2.45) is 7.05 Å². The number of nitrogens with zero attached hydrogens (tertiary/aromatic N) is 2. The molecule has 0 aliphatic heterocycles. The van der Waals surface area contributed by atoms with Crippen molar-refractivity contribution in [2.75, 3.05) is 12.4 Å². The summed E-state index contributed by atoms with van der Waals surface area (Å²) >= 11 is 1.60. The van der Waals surface area contributed by atoms with Crippen molar-refractivity contribution in [3.8, 4) is 0 Å². The van der Waals surface area contributed by atoms with Gasteiger partial charge >= 0.3 is 5.97 Å². The Morgan fingerprint density at radius 2 is 2.05 bits per heavy atom. The Kier molecular flexibility index (Phi) is 7.95. The molecule has 0 saturated carbocycles. The number of carbonyl (C=O) groups is 1. The SMILES string of the molecule is C=C(C)C(=O)OCCCCCCSc1nc(=O)c(C)cn1C. The van der Waals surface area contributed by atoms with Crippen molar-refractivity contribution in [3.63, 3.8) is 0 Å². The van der Waals surface area contributed by atoms with Crippen molar-refractivity contribution in [3.05, 3.63) is 34.3 Å². The molecule has 6 heteroatoms. The molecule has 1 rings (SSSR count). The summed E-state index contributed by atoms with van der Waals surface area (Å²) in [4.78, 5) is 26.7. The van der Waals surface area contributed by atoms with Gasteiger partial charge in [-0.3, -0.25) is 4.79 Å². The molecule has 0 aliphatic rings. The van der Waals surface area contributed by atoms with E-state index in [1.165, 1.54) is 0 Å². The lowest BCUT2D eigenvalue weighted by Gasteiger charge is -2.07. The summed E-state index contributed by atoms with van der Waals surface area (Å²) in [7, 11) is 1.90. The summed E-state index contributed by atoms with van der Waals surface area (Å²) < 4.78 is 6.92. The molecule has 0 amide bonds. The summed E-state index contributed by atoms with van der Waals surface area (Å²) in [5.74, 6) is 0.608. The molecule has 0 aromatic carbocycles. The Hall–Kier alpha value is -1.56. The monoisotopic (exact) mass is 324 g/mol. The zero-order chi connectivity index (χ0) is 16.5. The zero-order valence-corrected chi connectivity index (χ0v) is 14.4. The van der Waals surface area contributed by atoms with Gasteiger partial charge in [0.2, 0.25) is 0 Å². The van der Waals surface area contributed by atoms with Crippen molar-refractivity contribution in [1.82, 2.24) is 9.55 Å². The second-order valence-corrected chi connectivity index (χ2v) is 6.36. The Labute approximate surface area is 135 Å². The first kappa shape index (κ1) is 18.5. The van der Waals surface area contributed by atoms with E-state index in [2.05, 4.69) is 11.6 Å². The molecular formula is C16H24N2O3S. The van der Waals surface area contributed by atoms with Gasteiger partial charge in [0.15, 0.2) is 5.16 Å². The molecule has 0 atom stereocenters. The van der Waals surface area contributed by atoms with Gasteiger partial charge in [-0.25, -0.2) is 4.79 Å². The van der Waals surface area contributed by atoms with Crippen LogP contribution in [0.25, 0.3) is 0 Å². The van der Waals surface area contributed by atoms with E-state index in [0.29, 0.717) is 17.7 Å². The predicted octanol–water partition coefficient (Wildman–Crippen LogP) is 2.86. The molecule has 5 nitrogen and oxygen atoms in total. The van der Waals surface area contributed by atoms with Crippen LogP contribution < -0.4 is 5.56 Å². The van der Waals surface area contributed by atoms with Crippen LogP contribution in [0.15, 0.2) is 28.3 Å². The summed E-state index contributed by atoms with van der Waals surface area (Å²) in [6.45, 7) is 7.40. The highest BCUT2D eigenvalue weighted by molar-refractivity contribution is 7.99. The van der Waals surface area contributed by atoms with Gasteiger partial charge in [-0.1, -0.05) is 31.2 Å². The highest BCUT2D eigenvalue weighted by Crippen LogP contribution is 2.16. The number of aryl methyl sites for hydroxylation is 2. The lowest BCUT2D eigenvalue weighted by Crippen LogP contribution is -2.15. The fraction of sp³-hybridized carbons (Fsp3) is 0.562. The second kappa shape index (κ2) is 9.46. The Balaban J connectivity index is 2.14. The van der Waals surface area contributed by atoms with E-state index in [0.717, 1.165) is 36.6 Å². The van der Waals surface area contributed by atoms with Gasteiger partial charge in [0.1, 0.15) is 0 Å². The molecule has 0 aliphatic carbocycles. The largest absolute Gasteiger partial charge is 0.462 e. The van der Waals surface area contributed by atoms with Crippen molar-refractivity contribution < 1.29 is 9.53 Å². The van der Waals surface area contributed by atoms with Crippen molar-refractivity contribution in [1.29, 1.82) is 0 Å². The quantitative estimate of drug-likeness (QED) is 0.230. The van der Waals surface area contributed by atoms with Crippen LogP contribution in [0, 0.1) is 6.92 Å². The first-order valence-electron chi connectivity index (χ1n) is 7.41. The molecular weight excluding hydrogens is 300 g/mol. The fourth-order valence-corrected chi connectivity index (χ4v) is 2.73. The van der Waals surface area contributed by atoms with E-state index in [4.69, 9.17) is 4.74 Å². The number of unbranched alkanes of at least 4 members (excludes halogenated alkanes) is 3. The highest BCUT2D eigenvalue weighted by atomic mass is 32.2. The van der Waals surface area contributed by atoms with E-state index in [9.17, 15) is 9.59 Å². The molecule has 0 radical (unpaired) electrons. The second-order valence-electron chi connectivity index (χ2n) is 5.30. The maximum absolute atomic E-state index is 11.5. The molecule has 1 heterocycles. The number of rotatable bonds is 9. The lowest BCUT2D eigenvalue weighted by molar-refractivity contribution is -0.139. The number of ether oxygens (including phenoxy) is 1. The number of thioether (sulfide) groups is 1. The Bertz CT molecular complexity index is 581. The minimum atomic E-state index is -0.318. The van der Waals surface area contributed by atoms with Gasteiger partial charge < -0.3 is 9.30 Å². The van der Waals surface area contributed by atoms with E-state index < -0.39 is 0 Å². The van der Waals surface area contributed by atoms with Gasteiger partial charge in [0, 0.05) is 30.1 Å². The van der Waals surface area contributed by atoms with Gasteiger partial charge in [-0.15, -0.1) is 0 Å². The van der Waals surface area contributed by atoms with E-state index in [-0.39, 0.29) is 11.5 Å². The number of aromatic nitrogens is 2. The van der Waals surface area contributed by atoms with Gasteiger partial charge in [0.05, 0.1) is 6.61 Å². The van der Waals surface area contributed by atoms with Crippen LogP contribution in [0.2, 0.25) is 0 Å². The maximum Gasteiger partial charge on any atom is 0.333 e. The van der Waals surface area contributed by atoms with Crippen LogP contribution in [0.3, 0.4) is 0 Å². The average Bonchev–Trinajstić information content (AvgIpc) is 2.46. The highest BCUT2D eigenvalue weighted by Gasteiger charge is 2.04. The smallest absolute Gasteiger partial charge is 0.333 e. The summed E-state index contributed by atoms with van der Waals surface area (Å²) in [6.07, 6.45) is 5.81. The van der Waals surface area contributed by atoms with Crippen LogP contribution in [-0.2, 0) is 16.6 Å². The first-order valence-corrected chi connectivity index (χ1v) is 8.40. The third kappa shape index (κ3) is 6.47. The number of hydrogen-bond acceptors (Lipinski definition) is 5. The molecule has 1 aromatic rings. The summed E-state index contributed by atoms with van der Waals surface area (Å²) in [5, 5.41) is 0.756. The van der Waals surface area contributed by atoms with E-state index in [1.54, 1.807) is 25.6 Å². The van der Waals surface area contributed by atoms with Crippen molar-refractivity contribution in [2.45, 2.75) is 44.7 Å². The van der Waals surface area contributed by atoms with Gasteiger partial charge in [-0.2, -0.15) is 4.98 Å². The number of esters is 1. The fourth-order valence-electron chi connectivity index (χ4n) is 1.80. The average molecular weight is 324 g/mol. The molecule has 0 unspecified atom stereocenters.